The van der Waals surface area contributed by atoms with Gasteiger partial charge in [0, 0.05) is 6.54 Å². The molecule has 0 aliphatic carbocycles. The van der Waals surface area contributed by atoms with Crippen molar-refractivity contribution in [2.45, 2.75) is 24.3 Å². The number of hydrogen-bond donors (Lipinski definition) is 3. The zero-order valence-electron chi connectivity index (χ0n) is 10.1. The number of nitrogens with one attached hydrogen (secondary N) is 1. The van der Waals surface area contributed by atoms with Gasteiger partial charge in [0.1, 0.15) is 10.7 Å². The van der Waals surface area contributed by atoms with E-state index in [2.05, 4.69) is 4.72 Å². The maximum atomic E-state index is 13.4. The molecule has 1 aromatic rings. The van der Waals surface area contributed by atoms with Crippen molar-refractivity contribution in [3.8, 4) is 0 Å². The molecule has 0 amide bonds. The molecule has 0 aromatic heterocycles. The molecule has 1 unspecified atom stereocenters. The largest absolute Gasteiger partial charge is 0.393 e. The van der Waals surface area contributed by atoms with Gasteiger partial charge in [-0.2, -0.15) is 0 Å². The van der Waals surface area contributed by atoms with Crippen molar-refractivity contribution in [2.24, 2.45) is 0 Å². The summed E-state index contributed by atoms with van der Waals surface area (Å²) in [5.74, 6) is -0.864. The molecule has 3 N–H and O–H groups in total. The third kappa shape index (κ3) is 3.74. The van der Waals surface area contributed by atoms with E-state index in [9.17, 15) is 17.9 Å². The lowest BCUT2D eigenvalue weighted by molar-refractivity contribution is 0.00680. The summed E-state index contributed by atoms with van der Waals surface area (Å²) in [5, 5.41) is 18.3. The Morgan fingerprint density at radius 3 is 2.61 bits per heavy atom. The number of rotatable bonds is 5. The lowest BCUT2D eigenvalue weighted by atomic mass is 10.1. The molecule has 7 heteroatoms. The summed E-state index contributed by atoms with van der Waals surface area (Å²) in [7, 11) is -4.05. The van der Waals surface area contributed by atoms with Crippen LogP contribution in [0.1, 0.15) is 12.5 Å². The van der Waals surface area contributed by atoms with Crippen molar-refractivity contribution in [1.29, 1.82) is 0 Å². The zero-order valence-corrected chi connectivity index (χ0v) is 11.0. The van der Waals surface area contributed by atoms with E-state index >= 15 is 0 Å². The topological polar surface area (TPSA) is 86.6 Å². The summed E-state index contributed by atoms with van der Waals surface area (Å²) in [6, 6.07) is 3.72. The van der Waals surface area contributed by atoms with Gasteiger partial charge < -0.3 is 10.2 Å². The van der Waals surface area contributed by atoms with Gasteiger partial charge in [-0.15, -0.1) is 0 Å². The SMILES string of the molecule is Cc1ccc(F)c(S(=O)(=O)NCC(C)(O)CO)c1. The maximum Gasteiger partial charge on any atom is 0.243 e. The Morgan fingerprint density at radius 2 is 2.06 bits per heavy atom. The summed E-state index contributed by atoms with van der Waals surface area (Å²) < 4.78 is 39.1. The molecule has 1 atom stereocenters. The van der Waals surface area contributed by atoms with Crippen LogP contribution in [0.25, 0.3) is 0 Å². The van der Waals surface area contributed by atoms with Crippen molar-refractivity contribution in [1.82, 2.24) is 4.72 Å². The fourth-order valence-corrected chi connectivity index (χ4v) is 2.52. The van der Waals surface area contributed by atoms with Crippen LogP contribution in [0.2, 0.25) is 0 Å². The van der Waals surface area contributed by atoms with Gasteiger partial charge in [0.25, 0.3) is 0 Å². The Labute approximate surface area is 105 Å². The Hall–Kier alpha value is -1.02. The van der Waals surface area contributed by atoms with E-state index in [1.807, 2.05) is 0 Å². The first-order chi connectivity index (χ1) is 8.18. The van der Waals surface area contributed by atoms with E-state index in [4.69, 9.17) is 5.11 Å². The molecular weight excluding hydrogens is 261 g/mol. The Kier molecular flexibility index (Phi) is 4.44. The number of benzene rings is 1. The third-order valence-electron chi connectivity index (χ3n) is 2.36. The molecule has 0 saturated heterocycles. The van der Waals surface area contributed by atoms with Gasteiger partial charge in [-0.05, 0) is 31.5 Å². The van der Waals surface area contributed by atoms with E-state index in [0.29, 0.717) is 5.56 Å². The fourth-order valence-electron chi connectivity index (χ4n) is 1.20. The molecule has 1 aromatic carbocycles. The van der Waals surface area contributed by atoms with E-state index in [1.54, 1.807) is 6.92 Å². The van der Waals surface area contributed by atoms with Crippen LogP contribution >= 0.6 is 0 Å². The van der Waals surface area contributed by atoms with Crippen molar-refractivity contribution in [3.05, 3.63) is 29.6 Å². The van der Waals surface area contributed by atoms with Crippen LogP contribution in [-0.4, -0.2) is 37.4 Å². The number of aliphatic hydroxyl groups excluding tert-OH is 1. The molecule has 0 bridgehead atoms. The Morgan fingerprint density at radius 1 is 1.44 bits per heavy atom. The highest BCUT2D eigenvalue weighted by Gasteiger charge is 2.25. The molecule has 0 aliphatic heterocycles. The smallest absolute Gasteiger partial charge is 0.243 e. The predicted molar refractivity (Wildman–Crippen MR) is 64.0 cm³/mol. The first-order valence-electron chi connectivity index (χ1n) is 5.27. The monoisotopic (exact) mass is 277 g/mol. The minimum Gasteiger partial charge on any atom is -0.393 e. The van der Waals surface area contributed by atoms with Crippen LogP contribution in [-0.2, 0) is 10.0 Å². The molecule has 0 fully saturated rings. The Balaban J connectivity index is 2.97. The van der Waals surface area contributed by atoms with Gasteiger partial charge in [-0.1, -0.05) is 6.07 Å². The summed E-state index contributed by atoms with van der Waals surface area (Å²) in [6.07, 6.45) is 0. The Bertz CT molecular complexity index is 528. The highest BCUT2D eigenvalue weighted by atomic mass is 32.2. The summed E-state index contributed by atoms with van der Waals surface area (Å²) in [6.45, 7) is 1.90. The summed E-state index contributed by atoms with van der Waals surface area (Å²) in [4.78, 5) is -0.476. The number of aliphatic hydroxyl groups is 2. The van der Waals surface area contributed by atoms with Gasteiger partial charge in [0.05, 0.1) is 12.2 Å². The number of sulfonamides is 1. The molecule has 0 saturated carbocycles. The summed E-state index contributed by atoms with van der Waals surface area (Å²) in [5.41, 5.74) is -0.987. The van der Waals surface area contributed by atoms with Crippen LogP contribution in [0.15, 0.2) is 23.1 Å². The molecule has 102 valence electrons. The average Bonchev–Trinajstić information content (AvgIpc) is 2.30. The second kappa shape index (κ2) is 5.31. The minimum absolute atomic E-state index is 0.404. The maximum absolute atomic E-state index is 13.4. The predicted octanol–water partition coefficient (Wildman–Crippen LogP) is 0.156. The van der Waals surface area contributed by atoms with Crippen LogP contribution in [0, 0.1) is 12.7 Å². The van der Waals surface area contributed by atoms with Gasteiger partial charge >= 0.3 is 0 Å². The molecule has 18 heavy (non-hydrogen) atoms. The lowest BCUT2D eigenvalue weighted by Crippen LogP contribution is -2.43. The average molecular weight is 277 g/mol. The lowest BCUT2D eigenvalue weighted by Gasteiger charge is -2.20. The van der Waals surface area contributed by atoms with Gasteiger partial charge in [-0.25, -0.2) is 17.5 Å². The second-order valence-corrected chi connectivity index (χ2v) is 6.15. The van der Waals surface area contributed by atoms with Gasteiger partial charge in [0.15, 0.2) is 0 Å². The highest BCUT2D eigenvalue weighted by Crippen LogP contribution is 2.16. The standard InChI is InChI=1S/C11H16FNO4S/c1-8-3-4-9(12)10(5-8)18(16,17)13-6-11(2,15)7-14/h3-5,13-15H,6-7H2,1-2H3. The van der Waals surface area contributed by atoms with E-state index in [-0.39, 0.29) is 0 Å². The highest BCUT2D eigenvalue weighted by molar-refractivity contribution is 7.89. The first-order valence-corrected chi connectivity index (χ1v) is 6.75. The van der Waals surface area contributed by atoms with Crippen molar-refractivity contribution in [2.75, 3.05) is 13.2 Å². The molecule has 5 nitrogen and oxygen atoms in total. The molecule has 0 aliphatic rings. The van der Waals surface area contributed by atoms with Crippen LogP contribution in [0.3, 0.4) is 0 Å². The number of halogens is 1. The molecule has 0 spiro atoms. The van der Waals surface area contributed by atoms with E-state index < -0.39 is 39.5 Å². The zero-order chi connectivity index (χ0) is 14.0. The number of hydrogen-bond acceptors (Lipinski definition) is 4. The van der Waals surface area contributed by atoms with E-state index in [0.717, 1.165) is 6.07 Å². The summed E-state index contributed by atoms with van der Waals surface area (Å²) >= 11 is 0. The third-order valence-corrected chi connectivity index (χ3v) is 3.78. The number of aryl methyl sites for hydroxylation is 1. The van der Waals surface area contributed by atoms with Gasteiger partial charge in [-0.3, -0.25) is 0 Å². The molecule has 0 heterocycles. The normalized spacial score (nSPS) is 15.4. The van der Waals surface area contributed by atoms with Crippen LogP contribution in [0.5, 0.6) is 0 Å². The molecular formula is C11H16FNO4S. The molecule has 1 rings (SSSR count). The first kappa shape index (κ1) is 15.0. The van der Waals surface area contributed by atoms with Crippen molar-refractivity contribution < 1.29 is 23.0 Å². The second-order valence-electron chi connectivity index (χ2n) is 4.41. The van der Waals surface area contributed by atoms with Crippen LogP contribution in [0.4, 0.5) is 4.39 Å². The van der Waals surface area contributed by atoms with E-state index in [1.165, 1.54) is 19.1 Å². The van der Waals surface area contributed by atoms with Crippen LogP contribution < -0.4 is 4.72 Å². The fraction of sp³-hybridized carbons (Fsp3) is 0.455. The quantitative estimate of drug-likeness (QED) is 0.715. The van der Waals surface area contributed by atoms with Gasteiger partial charge in [0.2, 0.25) is 10.0 Å². The van der Waals surface area contributed by atoms with Crippen molar-refractivity contribution in [3.63, 3.8) is 0 Å². The molecule has 0 radical (unpaired) electrons. The minimum atomic E-state index is -4.05. The van der Waals surface area contributed by atoms with Crippen molar-refractivity contribution >= 4 is 10.0 Å².